The van der Waals surface area contributed by atoms with Crippen LogP contribution in [0.3, 0.4) is 0 Å². The van der Waals surface area contributed by atoms with Crippen LogP contribution in [0.1, 0.15) is 23.3 Å². The first-order chi connectivity index (χ1) is 15.1. The van der Waals surface area contributed by atoms with Gasteiger partial charge in [-0.15, -0.1) is 11.3 Å². The number of hydrogen-bond donors (Lipinski definition) is 2. The molecule has 1 aromatic heterocycles. The van der Waals surface area contributed by atoms with Gasteiger partial charge in [-0.05, 0) is 12.1 Å². The number of thiazole rings is 1. The molecule has 0 atom stereocenters. The van der Waals surface area contributed by atoms with E-state index in [9.17, 15) is 14.4 Å². The summed E-state index contributed by atoms with van der Waals surface area (Å²) in [6.07, 6.45) is -0.0251. The number of nitrogens with one attached hydrogen (secondary N) is 2. The van der Waals surface area contributed by atoms with Gasteiger partial charge in [0.05, 0.1) is 25.4 Å². The molecule has 1 aromatic carbocycles. The van der Waals surface area contributed by atoms with Crippen molar-refractivity contribution in [3.63, 3.8) is 0 Å². The van der Waals surface area contributed by atoms with Gasteiger partial charge in [0.15, 0.2) is 5.13 Å². The van der Waals surface area contributed by atoms with Gasteiger partial charge in [-0.1, -0.05) is 12.1 Å². The highest BCUT2D eigenvalue weighted by Gasteiger charge is 2.24. The fourth-order valence-corrected chi connectivity index (χ4v) is 4.16. The van der Waals surface area contributed by atoms with Gasteiger partial charge in [0.25, 0.3) is 5.91 Å². The number of rotatable bonds is 5. The molecule has 31 heavy (non-hydrogen) atoms. The number of hydrogen-bond acceptors (Lipinski definition) is 8. The summed E-state index contributed by atoms with van der Waals surface area (Å²) in [5.74, 6) is -0.477. The third-order valence-electron chi connectivity index (χ3n) is 4.92. The summed E-state index contributed by atoms with van der Waals surface area (Å²) in [6.45, 7) is 3.56. The molecule has 11 heteroatoms. The normalized spacial score (nSPS) is 15.6. The molecule has 1 fully saturated rings. The van der Waals surface area contributed by atoms with Crippen LogP contribution in [0.5, 0.6) is 5.75 Å². The molecule has 3 amide bonds. The predicted molar refractivity (Wildman–Crippen MR) is 114 cm³/mol. The van der Waals surface area contributed by atoms with Crippen LogP contribution in [0.2, 0.25) is 0 Å². The summed E-state index contributed by atoms with van der Waals surface area (Å²) in [7, 11) is 0. The van der Waals surface area contributed by atoms with Gasteiger partial charge >= 0.3 is 0 Å². The molecule has 0 radical (unpaired) electrons. The van der Waals surface area contributed by atoms with Gasteiger partial charge < -0.3 is 19.3 Å². The van der Waals surface area contributed by atoms with Crippen LogP contribution in [0.15, 0.2) is 29.6 Å². The van der Waals surface area contributed by atoms with Crippen molar-refractivity contribution in [3.8, 4) is 5.75 Å². The van der Waals surface area contributed by atoms with Gasteiger partial charge in [-0.2, -0.15) is 0 Å². The lowest BCUT2D eigenvalue weighted by atomic mass is 10.2. The maximum absolute atomic E-state index is 12.6. The Morgan fingerprint density at radius 2 is 1.84 bits per heavy atom. The number of ether oxygens (including phenoxy) is 2. The summed E-state index contributed by atoms with van der Waals surface area (Å²) in [5.41, 5.74) is 5.63. The number of morpholine rings is 1. The maximum Gasteiger partial charge on any atom is 0.289 e. The van der Waals surface area contributed by atoms with Crippen LogP contribution in [-0.4, -0.2) is 62.2 Å². The number of para-hydroxylation sites is 2. The van der Waals surface area contributed by atoms with Gasteiger partial charge in [0.2, 0.25) is 11.8 Å². The summed E-state index contributed by atoms with van der Waals surface area (Å²) in [4.78, 5) is 44.9. The Balaban J connectivity index is 1.23. The first kappa shape index (κ1) is 21.1. The number of carbonyl (C=O) groups excluding carboxylic acids is 3. The fraction of sp³-hybridized carbons (Fsp3) is 0.400. The summed E-state index contributed by atoms with van der Waals surface area (Å²) >= 11 is 1.37. The molecule has 2 aromatic rings. The monoisotopic (exact) mass is 445 g/mol. The quantitative estimate of drug-likeness (QED) is 0.659. The molecule has 0 unspecified atom stereocenters. The van der Waals surface area contributed by atoms with Gasteiger partial charge in [-0.3, -0.25) is 25.2 Å². The zero-order valence-corrected chi connectivity index (χ0v) is 17.7. The molecular weight excluding hydrogens is 422 g/mol. The van der Waals surface area contributed by atoms with Crippen LogP contribution >= 0.6 is 11.3 Å². The smallest absolute Gasteiger partial charge is 0.289 e. The molecule has 0 spiro atoms. The topological polar surface area (TPSA) is 113 Å². The summed E-state index contributed by atoms with van der Waals surface area (Å²) in [6, 6.07) is 7.29. The Morgan fingerprint density at radius 1 is 1.03 bits per heavy atom. The van der Waals surface area contributed by atoms with E-state index in [2.05, 4.69) is 20.7 Å². The first-order valence-corrected chi connectivity index (χ1v) is 10.9. The standard InChI is InChI=1S/C20H23N5O5S/c26-17(5-6-18(27)25-9-12-30-16-4-2-1-3-15(16)25)22-23-19(28)14-13-31-20(21-14)24-7-10-29-11-8-24/h1-4,13H,5-12H2,(H,22,26)(H,23,28). The summed E-state index contributed by atoms with van der Waals surface area (Å²) in [5, 5.41) is 2.39. The lowest BCUT2D eigenvalue weighted by Gasteiger charge is -2.29. The molecule has 3 heterocycles. The highest BCUT2D eigenvalue weighted by Crippen LogP contribution is 2.31. The van der Waals surface area contributed by atoms with E-state index in [1.54, 1.807) is 16.3 Å². The zero-order valence-electron chi connectivity index (χ0n) is 16.8. The fourth-order valence-electron chi connectivity index (χ4n) is 3.31. The van der Waals surface area contributed by atoms with E-state index in [1.807, 2.05) is 18.2 Å². The molecule has 10 nitrogen and oxygen atoms in total. The number of aromatic nitrogens is 1. The van der Waals surface area contributed by atoms with Crippen molar-refractivity contribution in [1.82, 2.24) is 15.8 Å². The number of benzene rings is 1. The first-order valence-electron chi connectivity index (χ1n) is 10.0. The lowest BCUT2D eigenvalue weighted by Crippen LogP contribution is -2.43. The Kier molecular flexibility index (Phi) is 6.63. The number of fused-ring (bicyclic) bond motifs is 1. The second kappa shape index (κ2) is 9.75. The van der Waals surface area contributed by atoms with Gasteiger partial charge in [0.1, 0.15) is 18.1 Å². The van der Waals surface area contributed by atoms with Crippen LogP contribution in [0.4, 0.5) is 10.8 Å². The molecule has 4 rings (SSSR count). The van der Waals surface area contributed by atoms with Crippen molar-refractivity contribution >= 4 is 39.9 Å². The molecule has 0 aliphatic carbocycles. The lowest BCUT2D eigenvalue weighted by molar-refractivity contribution is -0.125. The van der Waals surface area contributed by atoms with Crippen molar-refractivity contribution < 1.29 is 23.9 Å². The number of carbonyl (C=O) groups is 3. The largest absolute Gasteiger partial charge is 0.490 e. The molecule has 164 valence electrons. The minimum Gasteiger partial charge on any atom is -0.490 e. The molecular formula is C20H23N5O5S. The second-order valence-electron chi connectivity index (χ2n) is 6.98. The van der Waals surface area contributed by atoms with Crippen LogP contribution < -0.4 is 25.4 Å². The third-order valence-corrected chi connectivity index (χ3v) is 5.82. The molecule has 2 aliphatic heterocycles. The number of anilines is 2. The van der Waals surface area contributed by atoms with Crippen molar-refractivity contribution in [3.05, 3.63) is 35.3 Å². The minimum atomic E-state index is -0.502. The zero-order chi connectivity index (χ0) is 21.6. The molecule has 2 aliphatic rings. The molecule has 2 N–H and O–H groups in total. The van der Waals surface area contributed by atoms with E-state index in [0.29, 0.717) is 37.8 Å². The minimum absolute atomic E-state index is 0.0217. The van der Waals surface area contributed by atoms with Crippen molar-refractivity contribution in [2.45, 2.75) is 12.8 Å². The maximum atomic E-state index is 12.6. The van der Waals surface area contributed by atoms with E-state index in [-0.39, 0.29) is 24.4 Å². The Labute approximate surface area is 183 Å². The number of hydrazine groups is 1. The van der Waals surface area contributed by atoms with E-state index in [0.717, 1.165) is 18.2 Å². The third kappa shape index (κ3) is 5.12. The van der Waals surface area contributed by atoms with Gasteiger partial charge in [-0.25, -0.2) is 4.98 Å². The van der Waals surface area contributed by atoms with E-state index < -0.39 is 11.8 Å². The van der Waals surface area contributed by atoms with Crippen molar-refractivity contribution in [1.29, 1.82) is 0 Å². The van der Waals surface area contributed by atoms with Gasteiger partial charge in [0, 0.05) is 31.3 Å². The van der Waals surface area contributed by atoms with Crippen LogP contribution in [-0.2, 0) is 14.3 Å². The molecule has 1 saturated heterocycles. The average molecular weight is 446 g/mol. The van der Waals surface area contributed by atoms with Crippen LogP contribution in [0.25, 0.3) is 0 Å². The Bertz CT molecular complexity index is 959. The Hall–Kier alpha value is -3.18. The van der Waals surface area contributed by atoms with E-state index in [1.165, 1.54) is 11.3 Å². The SMILES string of the molecule is O=C(CCC(=O)N1CCOc2ccccc21)NNC(=O)c1csc(N2CCOCC2)n1. The van der Waals surface area contributed by atoms with Crippen molar-refractivity contribution in [2.24, 2.45) is 0 Å². The average Bonchev–Trinajstić information content (AvgIpc) is 3.32. The number of nitrogens with zero attached hydrogens (tertiary/aromatic N) is 3. The summed E-state index contributed by atoms with van der Waals surface area (Å²) < 4.78 is 10.9. The second-order valence-corrected chi connectivity index (χ2v) is 7.82. The van der Waals surface area contributed by atoms with E-state index >= 15 is 0 Å². The molecule has 0 bridgehead atoms. The van der Waals surface area contributed by atoms with E-state index in [4.69, 9.17) is 9.47 Å². The van der Waals surface area contributed by atoms with Crippen molar-refractivity contribution in [2.75, 3.05) is 49.3 Å². The number of amides is 3. The highest BCUT2D eigenvalue weighted by atomic mass is 32.1. The highest BCUT2D eigenvalue weighted by molar-refractivity contribution is 7.13. The molecule has 0 saturated carbocycles. The predicted octanol–water partition coefficient (Wildman–Crippen LogP) is 0.947. The Morgan fingerprint density at radius 3 is 2.68 bits per heavy atom. The van der Waals surface area contributed by atoms with Crippen LogP contribution in [0, 0.1) is 0 Å².